The van der Waals surface area contributed by atoms with Crippen LogP contribution in [0.15, 0.2) is 40.3 Å². The van der Waals surface area contributed by atoms with Gasteiger partial charge in [0.25, 0.3) is 0 Å². The van der Waals surface area contributed by atoms with Crippen LogP contribution in [0.2, 0.25) is 5.02 Å². The van der Waals surface area contributed by atoms with E-state index >= 15 is 0 Å². The molecule has 1 aromatic carbocycles. The average molecular weight is 292 g/mol. The first kappa shape index (κ1) is 12.8. The Bertz CT molecular complexity index is 582. The molecular formula is C14H14ClN3S. The number of benzene rings is 1. The minimum absolute atomic E-state index is 0.554. The number of nitrogens with zero attached hydrogens (tertiary/aromatic N) is 2. The van der Waals surface area contributed by atoms with Crippen LogP contribution >= 0.6 is 23.4 Å². The van der Waals surface area contributed by atoms with Gasteiger partial charge < -0.3 is 5.32 Å². The second kappa shape index (κ2) is 5.39. The molecule has 0 amide bonds. The summed E-state index contributed by atoms with van der Waals surface area (Å²) in [7, 11) is 1.88. The van der Waals surface area contributed by atoms with E-state index in [1.807, 2.05) is 37.4 Å². The second-order valence-corrected chi connectivity index (χ2v) is 6.06. The van der Waals surface area contributed by atoms with E-state index in [0.29, 0.717) is 5.92 Å². The maximum atomic E-state index is 5.89. The maximum absolute atomic E-state index is 5.89. The average Bonchev–Trinajstić information content (AvgIpc) is 3.25. The number of hydrogen-bond acceptors (Lipinski definition) is 4. The molecule has 1 aromatic heterocycles. The Hall–Kier alpha value is -1.26. The van der Waals surface area contributed by atoms with E-state index in [1.54, 1.807) is 11.8 Å². The van der Waals surface area contributed by atoms with E-state index in [0.717, 1.165) is 26.6 Å². The first-order valence-corrected chi connectivity index (χ1v) is 7.44. The second-order valence-electron chi connectivity index (χ2n) is 4.53. The normalized spacial score (nSPS) is 14.4. The third-order valence-electron chi connectivity index (χ3n) is 2.95. The third kappa shape index (κ3) is 3.19. The Morgan fingerprint density at radius 1 is 1.21 bits per heavy atom. The van der Waals surface area contributed by atoms with Gasteiger partial charge in [-0.3, -0.25) is 0 Å². The topological polar surface area (TPSA) is 37.8 Å². The number of rotatable bonds is 4. The molecule has 0 aliphatic heterocycles. The van der Waals surface area contributed by atoms with Crippen LogP contribution in [-0.2, 0) is 0 Å². The van der Waals surface area contributed by atoms with Gasteiger partial charge in [-0.15, -0.1) is 0 Å². The summed E-state index contributed by atoms with van der Waals surface area (Å²) in [6.07, 6.45) is 2.41. The molecule has 2 aromatic rings. The highest BCUT2D eigenvalue weighted by atomic mass is 35.5. The zero-order chi connectivity index (χ0) is 13.2. The summed E-state index contributed by atoms with van der Waals surface area (Å²) in [5.74, 6) is 2.40. The van der Waals surface area contributed by atoms with Crippen molar-refractivity contribution in [3.63, 3.8) is 0 Å². The summed E-state index contributed by atoms with van der Waals surface area (Å²) in [5, 5.41) is 4.83. The molecule has 0 spiro atoms. The lowest BCUT2D eigenvalue weighted by Gasteiger charge is -2.07. The zero-order valence-electron chi connectivity index (χ0n) is 10.6. The molecule has 5 heteroatoms. The first-order valence-electron chi connectivity index (χ1n) is 6.25. The van der Waals surface area contributed by atoms with Crippen molar-refractivity contribution in [2.45, 2.75) is 28.7 Å². The molecule has 98 valence electrons. The largest absolute Gasteiger partial charge is 0.373 e. The fraction of sp³-hybridized carbons (Fsp3) is 0.286. The van der Waals surface area contributed by atoms with Crippen molar-refractivity contribution in [1.82, 2.24) is 9.97 Å². The van der Waals surface area contributed by atoms with Gasteiger partial charge in [0.15, 0.2) is 0 Å². The van der Waals surface area contributed by atoms with Crippen molar-refractivity contribution >= 4 is 29.2 Å². The molecule has 19 heavy (non-hydrogen) atoms. The van der Waals surface area contributed by atoms with E-state index in [9.17, 15) is 0 Å². The quantitative estimate of drug-likeness (QED) is 0.857. The summed E-state index contributed by atoms with van der Waals surface area (Å²) in [4.78, 5) is 10.3. The van der Waals surface area contributed by atoms with Crippen LogP contribution in [0.25, 0.3) is 0 Å². The molecule has 1 heterocycles. The van der Waals surface area contributed by atoms with Crippen LogP contribution in [-0.4, -0.2) is 17.0 Å². The van der Waals surface area contributed by atoms with E-state index in [1.165, 1.54) is 12.8 Å². The summed E-state index contributed by atoms with van der Waals surface area (Å²) in [6.45, 7) is 0. The Labute approximate surface area is 121 Å². The van der Waals surface area contributed by atoms with Crippen molar-refractivity contribution in [2.75, 3.05) is 12.4 Å². The molecule has 3 rings (SSSR count). The molecule has 0 bridgehead atoms. The molecule has 0 saturated heterocycles. The van der Waals surface area contributed by atoms with Gasteiger partial charge in [0.05, 0.1) is 0 Å². The van der Waals surface area contributed by atoms with Crippen molar-refractivity contribution < 1.29 is 0 Å². The highest BCUT2D eigenvalue weighted by Gasteiger charge is 2.27. The fourth-order valence-corrected chi connectivity index (χ4v) is 2.72. The lowest BCUT2D eigenvalue weighted by molar-refractivity contribution is 0.880. The van der Waals surface area contributed by atoms with E-state index in [2.05, 4.69) is 15.3 Å². The first-order chi connectivity index (χ1) is 9.24. The SMILES string of the molecule is CNc1cc(Sc2ccc(Cl)cc2)nc(C2CC2)n1. The fourth-order valence-electron chi connectivity index (χ4n) is 1.77. The van der Waals surface area contributed by atoms with Gasteiger partial charge in [-0.25, -0.2) is 9.97 Å². The summed E-state index contributed by atoms with van der Waals surface area (Å²) in [5.41, 5.74) is 0. The number of nitrogens with one attached hydrogen (secondary N) is 1. The minimum atomic E-state index is 0.554. The summed E-state index contributed by atoms with van der Waals surface area (Å²) in [6, 6.07) is 9.78. The Kier molecular flexibility index (Phi) is 3.62. The Balaban J connectivity index is 1.86. The van der Waals surface area contributed by atoms with E-state index in [4.69, 9.17) is 11.6 Å². The highest BCUT2D eigenvalue weighted by Crippen LogP contribution is 2.39. The predicted octanol–water partition coefficient (Wildman–Crippen LogP) is 4.20. The molecule has 1 N–H and O–H groups in total. The van der Waals surface area contributed by atoms with Gasteiger partial charge in [0.2, 0.25) is 0 Å². The van der Waals surface area contributed by atoms with Gasteiger partial charge in [0, 0.05) is 29.0 Å². The molecule has 3 nitrogen and oxygen atoms in total. The number of halogens is 1. The highest BCUT2D eigenvalue weighted by molar-refractivity contribution is 7.99. The van der Waals surface area contributed by atoms with Crippen LogP contribution in [0.5, 0.6) is 0 Å². The molecule has 1 aliphatic rings. The van der Waals surface area contributed by atoms with Crippen LogP contribution < -0.4 is 5.32 Å². The summed E-state index contributed by atoms with van der Waals surface area (Å²) < 4.78 is 0. The molecule has 0 atom stereocenters. The Morgan fingerprint density at radius 2 is 1.95 bits per heavy atom. The van der Waals surface area contributed by atoms with Crippen molar-refractivity contribution in [3.05, 3.63) is 41.2 Å². The number of hydrogen-bond donors (Lipinski definition) is 1. The predicted molar refractivity (Wildman–Crippen MR) is 79.1 cm³/mol. The van der Waals surface area contributed by atoms with Crippen molar-refractivity contribution in [1.29, 1.82) is 0 Å². The third-order valence-corrected chi connectivity index (χ3v) is 4.13. The minimum Gasteiger partial charge on any atom is -0.373 e. The monoisotopic (exact) mass is 291 g/mol. The molecule has 1 fully saturated rings. The van der Waals surface area contributed by atoms with Crippen molar-refractivity contribution in [2.24, 2.45) is 0 Å². The smallest absolute Gasteiger partial charge is 0.135 e. The van der Waals surface area contributed by atoms with Gasteiger partial charge in [0.1, 0.15) is 16.7 Å². The maximum Gasteiger partial charge on any atom is 0.135 e. The lowest BCUT2D eigenvalue weighted by Crippen LogP contribution is -2.00. The zero-order valence-corrected chi connectivity index (χ0v) is 12.1. The van der Waals surface area contributed by atoms with Gasteiger partial charge in [-0.05, 0) is 37.1 Å². The molecule has 0 radical (unpaired) electrons. The van der Waals surface area contributed by atoms with Crippen LogP contribution in [0.3, 0.4) is 0 Å². The van der Waals surface area contributed by atoms with Crippen LogP contribution in [0.4, 0.5) is 5.82 Å². The lowest BCUT2D eigenvalue weighted by atomic mass is 10.4. The van der Waals surface area contributed by atoms with Gasteiger partial charge in [-0.1, -0.05) is 23.4 Å². The molecule has 1 aliphatic carbocycles. The number of anilines is 1. The van der Waals surface area contributed by atoms with Gasteiger partial charge in [-0.2, -0.15) is 0 Å². The van der Waals surface area contributed by atoms with E-state index < -0.39 is 0 Å². The molecule has 1 saturated carbocycles. The summed E-state index contributed by atoms with van der Waals surface area (Å²) >= 11 is 7.53. The van der Waals surface area contributed by atoms with E-state index in [-0.39, 0.29) is 0 Å². The van der Waals surface area contributed by atoms with Crippen LogP contribution in [0.1, 0.15) is 24.6 Å². The Morgan fingerprint density at radius 3 is 2.58 bits per heavy atom. The van der Waals surface area contributed by atoms with Gasteiger partial charge >= 0.3 is 0 Å². The molecular weight excluding hydrogens is 278 g/mol. The standard InChI is InChI=1S/C14H14ClN3S/c1-16-12-8-13(18-14(17-12)9-2-3-9)19-11-6-4-10(15)5-7-11/h4-9H,2-3H2,1H3,(H,16,17,18). The van der Waals surface area contributed by atoms with Crippen molar-refractivity contribution in [3.8, 4) is 0 Å². The number of aromatic nitrogens is 2. The molecule has 0 unspecified atom stereocenters. The van der Waals surface area contributed by atoms with Crippen LogP contribution in [0, 0.1) is 0 Å².